The molecule has 0 unspecified atom stereocenters. The number of hydrogen-bond donors (Lipinski definition) is 1. The molecule has 1 N–H and O–H groups in total. The molecular weight excluding hydrogens is 356 g/mol. The fourth-order valence-corrected chi connectivity index (χ4v) is 2.94. The predicted molar refractivity (Wildman–Crippen MR) is 106 cm³/mol. The van der Waals surface area contributed by atoms with Gasteiger partial charge in [-0.25, -0.2) is 5.43 Å². The molecule has 1 saturated heterocycles. The molecule has 1 aromatic heterocycles. The number of aromatic nitrogens is 1. The lowest BCUT2D eigenvalue weighted by molar-refractivity contribution is -0.134. The molecule has 1 aliphatic rings. The number of nitrogens with zero attached hydrogens (tertiary/aromatic N) is 3. The average molecular weight is 380 g/mol. The van der Waals surface area contributed by atoms with Crippen molar-refractivity contribution < 1.29 is 14.3 Å². The third-order valence-corrected chi connectivity index (χ3v) is 4.61. The molecule has 1 fully saturated rings. The molecule has 7 heteroatoms. The van der Waals surface area contributed by atoms with Crippen LogP contribution in [0.3, 0.4) is 0 Å². The van der Waals surface area contributed by atoms with Gasteiger partial charge in [0.15, 0.2) is 6.61 Å². The smallest absolute Gasteiger partial charge is 0.271 e. The number of carbonyl (C=O) groups excluding carboxylic acids is 2. The number of likely N-dealkylation sites (tertiary alicyclic amines) is 1. The van der Waals surface area contributed by atoms with Crippen LogP contribution in [-0.4, -0.2) is 47.1 Å². The van der Waals surface area contributed by atoms with Crippen molar-refractivity contribution in [2.45, 2.75) is 26.2 Å². The Bertz CT molecular complexity index is 828. The normalized spacial score (nSPS) is 14.5. The number of hydrogen-bond acceptors (Lipinski definition) is 5. The van der Waals surface area contributed by atoms with Gasteiger partial charge in [-0.2, -0.15) is 5.10 Å². The van der Waals surface area contributed by atoms with Crippen molar-refractivity contribution in [3.05, 3.63) is 59.9 Å². The van der Waals surface area contributed by atoms with Crippen molar-refractivity contribution in [2.75, 3.05) is 19.7 Å². The number of ether oxygens (including phenoxy) is 1. The van der Waals surface area contributed by atoms with Crippen LogP contribution < -0.4 is 10.2 Å². The van der Waals surface area contributed by atoms with Gasteiger partial charge in [0.2, 0.25) is 0 Å². The lowest BCUT2D eigenvalue weighted by atomic mass is 10.1. The fraction of sp³-hybridized carbons (Fsp3) is 0.333. The van der Waals surface area contributed by atoms with Gasteiger partial charge >= 0.3 is 0 Å². The topological polar surface area (TPSA) is 83.9 Å². The average Bonchev–Trinajstić information content (AvgIpc) is 2.77. The minimum Gasteiger partial charge on any atom is -0.484 e. The van der Waals surface area contributed by atoms with E-state index >= 15 is 0 Å². The number of hydrazone groups is 1. The second-order valence-corrected chi connectivity index (χ2v) is 6.63. The summed E-state index contributed by atoms with van der Waals surface area (Å²) in [5.41, 5.74) is 4.54. The maximum Gasteiger partial charge on any atom is 0.271 e. The molecule has 28 heavy (non-hydrogen) atoms. The monoisotopic (exact) mass is 380 g/mol. The third-order valence-electron chi connectivity index (χ3n) is 4.61. The van der Waals surface area contributed by atoms with Crippen LogP contribution in [0.15, 0.2) is 53.9 Å². The minimum absolute atomic E-state index is 0.0281. The van der Waals surface area contributed by atoms with E-state index in [1.807, 2.05) is 24.0 Å². The van der Waals surface area contributed by atoms with Crippen molar-refractivity contribution in [1.82, 2.24) is 15.3 Å². The summed E-state index contributed by atoms with van der Waals surface area (Å²) >= 11 is 0. The maximum atomic E-state index is 12.2. The van der Waals surface area contributed by atoms with Crippen LogP contribution >= 0.6 is 0 Å². The Labute approximate surface area is 164 Å². The summed E-state index contributed by atoms with van der Waals surface area (Å²) in [7, 11) is 0. The molecular formula is C21H24N4O3. The van der Waals surface area contributed by atoms with Crippen LogP contribution in [-0.2, 0) is 4.79 Å². The van der Waals surface area contributed by atoms with Crippen LogP contribution in [0.4, 0.5) is 0 Å². The molecule has 2 amide bonds. The van der Waals surface area contributed by atoms with E-state index in [9.17, 15) is 9.59 Å². The quantitative estimate of drug-likeness (QED) is 0.617. The standard InChI is InChI=1S/C21H24N4O3/c1-16(23-24-21(27)18-9-11-22-12-10-18)17-5-7-19(8-6-17)28-15-20(26)25-13-3-2-4-14-25/h5-12H,2-4,13-15H2,1H3,(H,24,27)/b23-16-. The molecule has 0 spiro atoms. The second kappa shape index (κ2) is 9.64. The molecule has 0 atom stereocenters. The zero-order valence-corrected chi connectivity index (χ0v) is 15.9. The summed E-state index contributed by atoms with van der Waals surface area (Å²) in [5.74, 6) is 0.362. The number of rotatable bonds is 6. The number of amides is 2. The highest BCUT2D eigenvalue weighted by atomic mass is 16.5. The van der Waals surface area contributed by atoms with Gasteiger partial charge in [0.1, 0.15) is 5.75 Å². The van der Waals surface area contributed by atoms with Crippen molar-refractivity contribution in [2.24, 2.45) is 5.10 Å². The maximum absolute atomic E-state index is 12.2. The Balaban J connectivity index is 1.51. The first-order valence-corrected chi connectivity index (χ1v) is 9.39. The van der Waals surface area contributed by atoms with Gasteiger partial charge in [-0.1, -0.05) is 0 Å². The SMILES string of the molecule is C/C(=N/NC(=O)c1ccncc1)c1ccc(OCC(=O)N2CCCCC2)cc1. The molecule has 0 aliphatic carbocycles. The molecule has 0 bridgehead atoms. The van der Waals surface area contributed by atoms with Gasteiger partial charge in [-0.05, 0) is 68.1 Å². The molecule has 0 saturated carbocycles. The largest absolute Gasteiger partial charge is 0.484 e. The Morgan fingerprint density at radius 1 is 1.04 bits per heavy atom. The lowest BCUT2D eigenvalue weighted by Gasteiger charge is -2.26. The van der Waals surface area contributed by atoms with Gasteiger partial charge in [-0.15, -0.1) is 0 Å². The second-order valence-electron chi connectivity index (χ2n) is 6.63. The highest BCUT2D eigenvalue weighted by Gasteiger charge is 2.16. The number of piperidine rings is 1. The Hall–Kier alpha value is -3.22. The molecule has 1 aliphatic heterocycles. The first-order chi connectivity index (χ1) is 13.6. The first-order valence-electron chi connectivity index (χ1n) is 9.39. The van der Waals surface area contributed by atoms with Crippen LogP contribution in [0.25, 0.3) is 0 Å². The van der Waals surface area contributed by atoms with Gasteiger partial charge in [0.25, 0.3) is 11.8 Å². The number of carbonyl (C=O) groups is 2. The van der Waals surface area contributed by atoms with E-state index in [0.717, 1.165) is 31.5 Å². The summed E-state index contributed by atoms with van der Waals surface area (Å²) in [5, 5.41) is 4.13. The predicted octanol–water partition coefficient (Wildman–Crippen LogP) is 2.63. The zero-order chi connectivity index (χ0) is 19.8. The Morgan fingerprint density at radius 3 is 2.39 bits per heavy atom. The molecule has 7 nitrogen and oxygen atoms in total. The van der Waals surface area contributed by atoms with Gasteiger partial charge in [0.05, 0.1) is 5.71 Å². The summed E-state index contributed by atoms with van der Waals surface area (Å²) in [6, 6.07) is 10.5. The number of nitrogens with one attached hydrogen (secondary N) is 1. The summed E-state index contributed by atoms with van der Waals surface area (Å²) in [6.07, 6.45) is 6.43. The summed E-state index contributed by atoms with van der Waals surface area (Å²) < 4.78 is 5.61. The number of pyridine rings is 1. The van der Waals surface area contributed by atoms with E-state index < -0.39 is 0 Å². The van der Waals surface area contributed by atoms with Crippen LogP contribution in [0.1, 0.15) is 42.1 Å². The van der Waals surface area contributed by atoms with Crippen molar-refractivity contribution in [1.29, 1.82) is 0 Å². The van der Waals surface area contributed by atoms with Crippen LogP contribution in [0.2, 0.25) is 0 Å². The van der Waals surface area contributed by atoms with E-state index in [-0.39, 0.29) is 18.4 Å². The Morgan fingerprint density at radius 2 is 1.71 bits per heavy atom. The van der Waals surface area contributed by atoms with Crippen LogP contribution in [0.5, 0.6) is 5.75 Å². The lowest BCUT2D eigenvalue weighted by Crippen LogP contribution is -2.38. The molecule has 3 rings (SSSR count). The Kier molecular flexibility index (Phi) is 6.73. The van der Waals surface area contributed by atoms with Gasteiger partial charge in [-0.3, -0.25) is 14.6 Å². The van der Waals surface area contributed by atoms with Gasteiger partial charge < -0.3 is 9.64 Å². The molecule has 2 heterocycles. The molecule has 146 valence electrons. The highest BCUT2D eigenvalue weighted by Crippen LogP contribution is 2.14. The van der Waals surface area contributed by atoms with E-state index in [0.29, 0.717) is 17.0 Å². The van der Waals surface area contributed by atoms with Gasteiger partial charge in [0, 0.05) is 31.0 Å². The molecule has 0 radical (unpaired) electrons. The third kappa shape index (κ3) is 5.39. The minimum atomic E-state index is -0.294. The van der Waals surface area contributed by atoms with Crippen LogP contribution in [0, 0.1) is 0 Å². The number of benzene rings is 1. The first kappa shape index (κ1) is 19.5. The van der Waals surface area contributed by atoms with E-state index in [1.165, 1.54) is 6.42 Å². The summed E-state index contributed by atoms with van der Waals surface area (Å²) in [4.78, 5) is 29.9. The summed E-state index contributed by atoms with van der Waals surface area (Å²) in [6.45, 7) is 3.50. The zero-order valence-electron chi connectivity index (χ0n) is 15.9. The molecule has 2 aromatic rings. The van der Waals surface area contributed by atoms with Crippen molar-refractivity contribution >= 4 is 17.5 Å². The van der Waals surface area contributed by atoms with E-state index in [1.54, 1.807) is 36.7 Å². The fourth-order valence-electron chi connectivity index (χ4n) is 2.94. The van der Waals surface area contributed by atoms with Crippen molar-refractivity contribution in [3.63, 3.8) is 0 Å². The van der Waals surface area contributed by atoms with E-state index in [4.69, 9.17) is 4.74 Å². The van der Waals surface area contributed by atoms with E-state index in [2.05, 4.69) is 15.5 Å². The van der Waals surface area contributed by atoms with Crippen molar-refractivity contribution in [3.8, 4) is 5.75 Å². The molecule has 1 aromatic carbocycles. The highest BCUT2D eigenvalue weighted by molar-refractivity contribution is 6.00.